The summed E-state index contributed by atoms with van der Waals surface area (Å²) in [5.41, 5.74) is 1.03. The standard InChI is InChI=1S/C19H30N2O3S/c1-3-20(2)14-18-13-19(16-24-18)9-11-21(12-10-19)25(22,23)15-17-7-5-4-6-8-17/h4-8,18H,3,9-16H2,1-2H3/t18-/m1/s1. The zero-order valence-corrected chi connectivity index (χ0v) is 16.2. The van der Waals surface area contributed by atoms with E-state index in [1.165, 1.54) is 0 Å². The smallest absolute Gasteiger partial charge is 0.218 e. The summed E-state index contributed by atoms with van der Waals surface area (Å²) in [7, 11) is -1.12. The molecule has 2 fully saturated rings. The van der Waals surface area contributed by atoms with Crippen LogP contribution in [0.4, 0.5) is 0 Å². The van der Waals surface area contributed by atoms with Gasteiger partial charge in [-0.2, -0.15) is 0 Å². The number of ether oxygens (including phenoxy) is 1. The minimum Gasteiger partial charge on any atom is -0.376 e. The molecule has 1 aromatic carbocycles. The highest BCUT2D eigenvalue weighted by Gasteiger charge is 2.44. The van der Waals surface area contributed by atoms with E-state index in [4.69, 9.17) is 4.74 Å². The second-order valence-corrected chi connectivity index (χ2v) is 9.60. The molecular weight excluding hydrogens is 336 g/mol. The molecule has 0 unspecified atom stereocenters. The zero-order valence-electron chi connectivity index (χ0n) is 15.4. The lowest BCUT2D eigenvalue weighted by Crippen LogP contribution is -2.44. The van der Waals surface area contributed by atoms with Gasteiger partial charge in [0.15, 0.2) is 0 Å². The average molecular weight is 367 g/mol. The Morgan fingerprint density at radius 1 is 1.24 bits per heavy atom. The van der Waals surface area contributed by atoms with Crippen molar-refractivity contribution in [3.05, 3.63) is 35.9 Å². The molecule has 25 heavy (non-hydrogen) atoms. The van der Waals surface area contributed by atoms with Crippen molar-refractivity contribution in [2.75, 3.05) is 39.8 Å². The summed E-state index contributed by atoms with van der Waals surface area (Å²) < 4.78 is 33.1. The van der Waals surface area contributed by atoms with Crippen molar-refractivity contribution in [3.8, 4) is 0 Å². The van der Waals surface area contributed by atoms with E-state index in [2.05, 4.69) is 18.9 Å². The molecule has 2 aliphatic rings. The van der Waals surface area contributed by atoms with Crippen LogP contribution in [0, 0.1) is 5.41 Å². The van der Waals surface area contributed by atoms with E-state index in [1.54, 1.807) is 4.31 Å². The van der Waals surface area contributed by atoms with E-state index in [0.29, 0.717) is 13.1 Å². The Balaban J connectivity index is 1.55. The summed E-state index contributed by atoms with van der Waals surface area (Å²) in [6, 6.07) is 9.44. The van der Waals surface area contributed by atoms with E-state index < -0.39 is 10.0 Å². The molecule has 2 aliphatic heterocycles. The Labute approximate surface area is 152 Å². The molecular formula is C19H30N2O3S. The first-order valence-corrected chi connectivity index (χ1v) is 10.9. The van der Waals surface area contributed by atoms with Crippen molar-refractivity contribution >= 4 is 10.0 Å². The molecule has 3 rings (SSSR count). The van der Waals surface area contributed by atoms with Crippen molar-refractivity contribution in [1.82, 2.24) is 9.21 Å². The van der Waals surface area contributed by atoms with Crippen molar-refractivity contribution in [2.45, 2.75) is 38.0 Å². The number of nitrogens with zero attached hydrogens (tertiary/aromatic N) is 2. The van der Waals surface area contributed by atoms with Crippen molar-refractivity contribution < 1.29 is 13.2 Å². The molecule has 1 aromatic rings. The summed E-state index contributed by atoms with van der Waals surface area (Å²) in [5.74, 6) is 0.0985. The van der Waals surface area contributed by atoms with E-state index in [1.807, 2.05) is 30.3 Å². The van der Waals surface area contributed by atoms with Crippen LogP contribution in [-0.4, -0.2) is 63.6 Å². The summed E-state index contributed by atoms with van der Waals surface area (Å²) in [5, 5.41) is 0. The summed E-state index contributed by atoms with van der Waals surface area (Å²) in [6.45, 7) is 6.17. The van der Waals surface area contributed by atoms with Crippen LogP contribution in [0.2, 0.25) is 0 Å². The number of rotatable bonds is 6. The minimum atomic E-state index is -3.23. The van der Waals surface area contributed by atoms with Gasteiger partial charge in [-0.05, 0) is 43.8 Å². The fraction of sp³-hybridized carbons (Fsp3) is 0.684. The number of benzene rings is 1. The number of hydrogen-bond donors (Lipinski definition) is 0. The lowest BCUT2D eigenvalue weighted by atomic mass is 9.77. The van der Waals surface area contributed by atoms with Gasteiger partial charge < -0.3 is 9.64 Å². The third kappa shape index (κ3) is 4.61. The van der Waals surface area contributed by atoms with Gasteiger partial charge in [-0.25, -0.2) is 12.7 Å². The molecule has 1 atom stereocenters. The maximum absolute atomic E-state index is 12.7. The van der Waals surface area contributed by atoms with E-state index >= 15 is 0 Å². The van der Waals surface area contributed by atoms with Gasteiger partial charge in [0, 0.05) is 19.6 Å². The maximum atomic E-state index is 12.7. The van der Waals surface area contributed by atoms with Gasteiger partial charge in [0.25, 0.3) is 0 Å². The zero-order chi connectivity index (χ0) is 17.9. The Hall–Kier alpha value is -0.950. The van der Waals surface area contributed by atoms with Crippen LogP contribution in [0.3, 0.4) is 0 Å². The fourth-order valence-electron chi connectivity index (χ4n) is 3.95. The SMILES string of the molecule is CCN(C)C[C@H]1CC2(CCN(S(=O)(=O)Cc3ccccc3)CC2)CO1. The van der Waals surface area contributed by atoms with Crippen LogP contribution >= 0.6 is 0 Å². The lowest BCUT2D eigenvalue weighted by Gasteiger charge is -2.37. The van der Waals surface area contributed by atoms with Crippen molar-refractivity contribution in [1.29, 1.82) is 0 Å². The second kappa shape index (κ2) is 7.74. The van der Waals surface area contributed by atoms with Gasteiger partial charge in [-0.3, -0.25) is 0 Å². The highest BCUT2D eigenvalue weighted by molar-refractivity contribution is 7.88. The van der Waals surface area contributed by atoms with Crippen LogP contribution in [0.5, 0.6) is 0 Å². The summed E-state index contributed by atoms with van der Waals surface area (Å²) >= 11 is 0. The molecule has 0 amide bonds. The quantitative estimate of drug-likeness (QED) is 0.775. The van der Waals surface area contributed by atoms with Crippen LogP contribution in [0.25, 0.3) is 0 Å². The highest BCUT2D eigenvalue weighted by Crippen LogP contribution is 2.42. The van der Waals surface area contributed by atoms with Gasteiger partial charge in [0.1, 0.15) is 0 Å². The molecule has 140 valence electrons. The Morgan fingerprint density at radius 2 is 1.92 bits per heavy atom. The highest BCUT2D eigenvalue weighted by atomic mass is 32.2. The van der Waals surface area contributed by atoms with Crippen LogP contribution in [-0.2, 0) is 20.5 Å². The first-order chi connectivity index (χ1) is 11.9. The first kappa shape index (κ1) is 18.8. The average Bonchev–Trinajstić information content (AvgIpc) is 2.97. The largest absolute Gasteiger partial charge is 0.376 e. The molecule has 2 saturated heterocycles. The second-order valence-electron chi connectivity index (χ2n) is 7.63. The normalized spacial score (nSPS) is 24.2. The Kier molecular flexibility index (Phi) is 5.83. The van der Waals surface area contributed by atoms with Crippen molar-refractivity contribution in [2.24, 2.45) is 5.41 Å². The van der Waals surface area contributed by atoms with Gasteiger partial charge >= 0.3 is 0 Å². The number of likely N-dealkylation sites (N-methyl/N-ethyl adjacent to an activating group) is 1. The molecule has 0 aromatic heterocycles. The van der Waals surface area contributed by atoms with E-state index in [0.717, 1.165) is 44.5 Å². The molecule has 0 N–H and O–H groups in total. The molecule has 0 radical (unpaired) electrons. The molecule has 6 heteroatoms. The van der Waals surface area contributed by atoms with E-state index in [9.17, 15) is 8.42 Å². The lowest BCUT2D eigenvalue weighted by molar-refractivity contribution is 0.0639. The number of sulfonamides is 1. The predicted molar refractivity (Wildman–Crippen MR) is 99.8 cm³/mol. The van der Waals surface area contributed by atoms with Gasteiger partial charge in [0.2, 0.25) is 10.0 Å². The molecule has 5 nitrogen and oxygen atoms in total. The van der Waals surface area contributed by atoms with Crippen molar-refractivity contribution in [3.63, 3.8) is 0 Å². The van der Waals surface area contributed by atoms with Gasteiger partial charge in [-0.1, -0.05) is 37.3 Å². The first-order valence-electron chi connectivity index (χ1n) is 9.24. The molecule has 0 aliphatic carbocycles. The third-order valence-corrected chi connectivity index (χ3v) is 7.56. The third-order valence-electron chi connectivity index (χ3n) is 5.71. The number of hydrogen-bond acceptors (Lipinski definition) is 4. The molecule has 0 bridgehead atoms. The van der Waals surface area contributed by atoms with Crippen LogP contribution in [0.15, 0.2) is 30.3 Å². The summed E-state index contributed by atoms with van der Waals surface area (Å²) in [4.78, 5) is 2.28. The Morgan fingerprint density at radius 3 is 2.56 bits per heavy atom. The fourth-order valence-corrected chi connectivity index (χ4v) is 5.49. The van der Waals surface area contributed by atoms with Gasteiger partial charge in [-0.15, -0.1) is 0 Å². The Bertz CT molecular complexity index is 655. The molecule has 1 spiro atoms. The summed E-state index contributed by atoms with van der Waals surface area (Å²) in [6.07, 6.45) is 3.17. The minimum absolute atomic E-state index is 0.0985. The molecule has 2 heterocycles. The number of piperidine rings is 1. The molecule has 0 saturated carbocycles. The monoisotopic (exact) mass is 366 g/mol. The van der Waals surface area contributed by atoms with Crippen LogP contribution in [0.1, 0.15) is 31.7 Å². The predicted octanol–water partition coefficient (Wildman–Crippen LogP) is 2.34. The maximum Gasteiger partial charge on any atom is 0.218 e. The topological polar surface area (TPSA) is 49.9 Å². The van der Waals surface area contributed by atoms with Crippen LogP contribution < -0.4 is 0 Å². The van der Waals surface area contributed by atoms with E-state index in [-0.39, 0.29) is 17.3 Å². The van der Waals surface area contributed by atoms with Gasteiger partial charge in [0.05, 0.1) is 18.5 Å².